The summed E-state index contributed by atoms with van der Waals surface area (Å²) in [5, 5.41) is 0. The molecule has 0 fully saturated rings. The molecule has 1 rings (SSSR count). The van der Waals surface area contributed by atoms with Gasteiger partial charge in [-0.15, -0.1) is 0 Å². The summed E-state index contributed by atoms with van der Waals surface area (Å²) >= 11 is 8.91. The molecule has 1 aromatic rings. The van der Waals surface area contributed by atoms with Crippen molar-refractivity contribution >= 4 is 25.3 Å². The first-order chi connectivity index (χ1) is 14.4. The fourth-order valence-electron chi connectivity index (χ4n) is 5.04. The van der Waals surface area contributed by atoms with Crippen molar-refractivity contribution < 1.29 is 0 Å². The summed E-state index contributed by atoms with van der Waals surface area (Å²) in [5.74, 6) is 1.42. The third kappa shape index (κ3) is 7.86. The first-order valence-electron chi connectivity index (χ1n) is 11.6. The lowest BCUT2D eigenvalue weighted by molar-refractivity contribution is 0.167. The molecule has 0 saturated heterocycles. The lowest BCUT2D eigenvalue weighted by Crippen LogP contribution is -2.57. The van der Waals surface area contributed by atoms with E-state index in [2.05, 4.69) is 80.6 Å². The van der Waals surface area contributed by atoms with Gasteiger partial charge < -0.3 is 0 Å². The molecule has 0 spiro atoms. The van der Waals surface area contributed by atoms with Gasteiger partial charge in [-0.25, -0.2) is 28.1 Å². The minimum atomic E-state index is -0.513. The van der Waals surface area contributed by atoms with E-state index in [0.717, 1.165) is 12.8 Å². The van der Waals surface area contributed by atoms with Crippen LogP contribution >= 0.6 is 25.3 Å². The van der Waals surface area contributed by atoms with Crippen LogP contribution in [0.4, 0.5) is 0 Å². The van der Waals surface area contributed by atoms with E-state index in [1.165, 1.54) is 13.7 Å². The highest BCUT2D eigenvalue weighted by Crippen LogP contribution is 2.36. The highest BCUT2D eigenvalue weighted by molar-refractivity contribution is 7.80. The zero-order valence-corrected chi connectivity index (χ0v) is 23.4. The van der Waals surface area contributed by atoms with Gasteiger partial charge in [0.15, 0.2) is 0 Å². The monoisotopic (exact) mass is 487 g/mol. The summed E-state index contributed by atoms with van der Waals surface area (Å²) in [4.78, 5) is 39.9. The molecule has 0 aliphatic carbocycles. The van der Waals surface area contributed by atoms with E-state index in [1.54, 1.807) is 0 Å². The highest BCUT2D eigenvalue weighted by Gasteiger charge is 2.32. The zero-order chi connectivity index (χ0) is 25.1. The molecule has 6 nitrogen and oxygen atoms in total. The van der Waals surface area contributed by atoms with Crippen LogP contribution in [0.3, 0.4) is 0 Å². The molecule has 0 bridgehead atoms. The van der Waals surface area contributed by atoms with Gasteiger partial charge in [0.1, 0.15) is 0 Å². The average molecular weight is 488 g/mol. The Labute approximate surface area is 204 Å². The van der Waals surface area contributed by atoms with Crippen LogP contribution < -0.4 is 17.1 Å². The van der Waals surface area contributed by atoms with E-state index in [1.807, 2.05) is 6.92 Å². The third-order valence-electron chi connectivity index (χ3n) is 5.78. The molecule has 0 aliphatic rings. The van der Waals surface area contributed by atoms with Crippen LogP contribution in [0.2, 0.25) is 0 Å². The van der Waals surface area contributed by atoms with Gasteiger partial charge in [0.25, 0.3) is 0 Å². The number of hydrogen-bond acceptors (Lipinski definition) is 5. The van der Waals surface area contributed by atoms with Crippen molar-refractivity contribution in [2.24, 2.45) is 21.7 Å². The molecule has 32 heavy (non-hydrogen) atoms. The predicted octanol–water partition coefficient (Wildman–Crippen LogP) is 4.33. The molecule has 0 amide bonds. The molecule has 0 saturated carbocycles. The van der Waals surface area contributed by atoms with Crippen molar-refractivity contribution in [1.82, 2.24) is 13.7 Å². The normalized spacial score (nSPS) is 13.6. The molecule has 0 unspecified atom stereocenters. The minimum Gasteiger partial charge on any atom is -0.247 e. The van der Waals surface area contributed by atoms with Crippen molar-refractivity contribution in [3.8, 4) is 0 Å². The summed E-state index contributed by atoms with van der Waals surface area (Å²) in [7, 11) is 0. The summed E-state index contributed by atoms with van der Waals surface area (Å²) in [6.45, 7) is 19.5. The van der Waals surface area contributed by atoms with Gasteiger partial charge in [-0.1, -0.05) is 62.3 Å². The SMILES string of the molecule is CCCn1c(=O)n(CC(C)(C)CC(C)(C)CS)c(=O)n(CC(C)(C)CC(C)(C)CS)c1=O. The van der Waals surface area contributed by atoms with Crippen LogP contribution in [-0.4, -0.2) is 25.2 Å². The van der Waals surface area contributed by atoms with E-state index >= 15 is 0 Å². The van der Waals surface area contributed by atoms with E-state index in [0.29, 0.717) is 24.5 Å². The Hall–Kier alpha value is -0.890. The fraction of sp³-hybridized carbons (Fsp3) is 0.875. The molecule has 1 aromatic heterocycles. The van der Waals surface area contributed by atoms with Crippen LogP contribution in [0.25, 0.3) is 0 Å². The Morgan fingerprint density at radius 1 is 0.594 bits per heavy atom. The van der Waals surface area contributed by atoms with Gasteiger partial charge in [-0.05, 0) is 52.4 Å². The largest absolute Gasteiger partial charge is 0.336 e. The first kappa shape index (κ1) is 29.1. The van der Waals surface area contributed by atoms with Gasteiger partial charge >= 0.3 is 17.1 Å². The second-order valence-electron chi connectivity index (χ2n) is 12.5. The molecule has 186 valence electrons. The minimum absolute atomic E-state index is 0.0342. The predicted molar refractivity (Wildman–Crippen MR) is 142 cm³/mol. The van der Waals surface area contributed by atoms with E-state index in [9.17, 15) is 14.4 Å². The second kappa shape index (κ2) is 10.6. The second-order valence-corrected chi connectivity index (χ2v) is 13.1. The maximum absolute atomic E-state index is 13.5. The standard InChI is InChI=1S/C24H45N3O3S2/c1-10-11-25-18(28)26(14-21(2,3)12-23(6,7)16-31)20(30)27(19(25)29)15-22(4,5)13-24(8,9)17-32/h31-32H,10-17H2,1-9H3. The molecule has 0 aliphatic heterocycles. The van der Waals surface area contributed by atoms with Crippen LogP contribution in [0.1, 0.15) is 81.6 Å². The Bertz CT molecular complexity index is 882. The van der Waals surface area contributed by atoms with Gasteiger partial charge in [0, 0.05) is 19.6 Å². The molecule has 0 atom stereocenters. The third-order valence-corrected chi connectivity index (χ3v) is 7.49. The molecule has 1 heterocycles. The maximum Gasteiger partial charge on any atom is 0.336 e. The van der Waals surface area contributed by atoms with E-state index in [-0.39, 0.29) is 34.7 Å². The Balaban J connectivity index is 3.58. The van der Waals surface area contributed by atoms with Gasteiger partial charge in [-0.2, -0.15) is 25.3 Å². The molecular weight excluding hydrogens is 442 g/mol. The van der Waals surface area contributed by atoms with Gasteiger partial charge in [0.05, 0.1) is 0 Å². The first-order valence-corrected chi connectivity index (χ1v) is 12.8. The van der Waals surface area contributed by atoms with Crippen molar-refractivity contribution in [1.29, 1.82) is 0 Å². The van der Waals surface area contributed by atoms with E-state index in [4.69, 9.17) is 0 Å². The Morgan fingerprint density at radius 2 is 0.906 bits per heavy atom. The lowest BCUT2D eigenvalue weighted by Gasteiger charge is -2.35. The quantitative estimate of drug-likeness (QED) is 0.431. The molecule has 0 radical (unpaired) electrons. The summed E-state index contributed by atoms with van der Waals surface area (Å²) in [6, 6.07) is 0. The van der Waals surface area contributed by atoms with Crippen LogP contribution in [-0.2, 0) is 19.6 Å². The number of thiol groups is 2. The zero-order valence-electron chi connectivity index (χ0n) is 21.6. The van der Waals surface area contributed by atoms with Crippen molar-refractivity contribution in [3.05, 3.63) is 31.5 Å². The highest BCUT2D eigenvalue weighted by atomic mass is 32.1. The number of rotatable bonds is 12. The van der Waals surface area contributed by atoms with Crippen molar-refractivity contribution in [2.75, 3.05) is 11.5 Å². The smallest absolute Gasteiger partial charge is 0.247 e. The molecule has 0 N–H and O–H groups in total. The maximum atomic E-state index is 13.5. The summed E-state index contributed by atoms with van der Waals surface area (Å²) in [5.41, 5.74) is -2.23. The molecule has 8 heteroatoms. The average Bonchev–Trinajstić information content (AvgIpc) is 2.64. The Kier molecular flexibility index (Phi) is 9.63. The van der Waals surface area contributed by atoms with Crippen LogP contribution in [0, 0.1) is 21.7 Å². The molecular formula is C24H45N3O3S2. The fourth-order valence-corrected chi connectivity index (χ4v) is 5.26. The number of nitrogens with zero attached hydrogens (tertiary/aromatic N) is 3. The van der Waals surface area contributed by atoms with Crippen LogP contribution in [0.5, 0.6) is 0 Å². The van der Waals surface area contributed by atoms with E-state index < -0.39 is 17.1 Å². The lowest BCUT2D eigenvalue weighted by atomic mass is 9.76. The Morgan fingerprint density at radius 3 is 1.19 bits per heavy atom. The number of aromatic nitrogens is 3. The molecule has 0 aromatic carbocycles. The topological polar surface area (TPSA) is 66.0 Å². The van der Waals surface area contributed by atoms with Crippen LogP contribution in [0.15, 0.2) is 14.4 Å². The summed E-state index contributed by atoms with van der Waals surface area (Å²) in [6.07, 6.45) is 2.23. The summed E-state index contributed by atoms with van der Waals surface area (Å²) < 4.78 is 3.76. The van der Waals surface area contributed by atoms with Crippen molar-refractivity contribution in [3.63, 3.8) is 0 Å². The number of hydrogen-bond donors (Lipinski definition) is 2. The van der Waals surface area contributed by atoms with Gasteiger partial charge in [-0.3, -0.25) is 0 Å². The van der Waals surface area contributed by atoms with Crippen molar-refractivity contribution in [2.45, 2.75) is 101 Å². The van der Waals surface area contributed by atoms with Gasteiger partial charge in [0.2, 0.25) is 0 Å².